The molecule has 1 fully saturated rings. The van der Waals surface area contributed by atoms with E-state index in [0.717, 1.165) is 27.8 Å². The van der Waals surface area contributed by atoms with Gasteiger partial charge >= 0.3 is 5.97 Å². The van der Waals surface area contributed by atoms with E-state index < -0.39 is 23.7 Å². The lowest BCUT2D eigenvalue weighted by atomic mass is 10.1. The Balaban J connectivity index is 1.74. The lowest BCUT2D eigenvalue weighted by Gasteiger charge is -2.14. The molecule has 2 aromatic carbocycles. The summed E-state index contributed by atoms with van der Waals surface area (Å²) >= 11 is 0.788. The molecule has 0 radical (unpaired) electrons. The number of rotatable bonds is 9. The summed E-state index contributed by atoms with van der Waals surface area (Å²) in [5, 5.41) is -0.505. The molecule has 7 nitrogen and oxygen atoms in total. The standard InChI is InChI=1S/C25H27NO6S/c1-5-30-21-12-18(9-10-20(21)31-15-19-8-6-7-17(4)11-19)13-22-24(28)26(25(29)33-22)14-23(27)32-16(2)3/h6-13,16H,5,14-15H2,1-4H3/b22-13+. The summed E-state index contributed by atoms with van der Waals surface area (Å²) in [6, 6.07) is 13.4. The predicted molar refractivity (Wildman–Crippen MR) is 127 cm³/mol. The first-order valence-electron chi connectivity index (χ1n) is 10.7. The molecule has 1 aliphatic rings. The van der Waals surface area contributed by atoms with E-state index in [1.54, 1.807) is 38.1 Å². The number of nitrogens with zero attached hydrogens (tertiary/aromatic N) is 1. The second-order valence-corrected chi connectivity index (χ2v) is 8.72. The van der Waals surface area contributed by atoms with Crippen LogP contribution in [0.2, 0.25) is 0 Å². The van der Waals surface area contributed by atoms with Crippen LogP contribution in [0, 0.1) is 6.92 Å². The number of amides is 2. The molecular formula is C25H27NO6S. The van der Waals surface area contributed by atoms with Crippen molar-refractivity contribution in [2.75, 3.05) is 13.2 Å². The zero-order valence-corrected chi connectivity index (χ0v) is 19.9. The third kappa shape index (κ3) is 6.61. The number of hydrogen-bond donors (Lipinski definition) is 0. The minimum Gasteiger partial charge on any atom is -0.490 e. The first-order valence-corrected chi connectivity index (χ1v) is 11.5. The summed E-state index contributed by atoms with van der Waals surface area (Å²) in [6.45, 7) is 7.74. The van der Waals surface area contributed by atoms with Crippen LogP contribution in [0.1, 0.15) is 37.5 Å². The Morgan fingerprint density at radius 1 is 1.09 bits per heavy atom. The van der Waals surface area contributed by atoms with Crippen molar-refractivity contribution in [3.63, 3.8) is 0 Å². The molecule has 1 aliphatic heterocycles. The number of ether oxygens (including phenoxy) is 3. The maximum atomic E-state index is 12.7. The van der Waals surface area contributed by atoms with Crippen LogP contribution in [0.3, 0.4) is 0 Å². The van der Waals surface area contributed by atoms with E-state index in [2.05, 4.69) is 6.07 Å². The second-order valence-electron chi connectivity index (χ2n) is 7.72. The van der Waals surface area contributed by atoms with Crippen molar-refractivity contribution in [3.05, 3.63) is 64.1 Å². The SMILES string of the molecule is CCOc1cc(/C=C2/SC(=O)N(CC(=O)OC(C)C)C2=O)ccc1OCc1cccc(C)c1. The Bertz CT molecular complexity index is 1080. The normalized spacial score (nSPS) is 14.8. The summed E-state index contributed by atoms with van der Waals surface area (Å²) in [6.07, 6.45) is 1.28. The molecule has 8 heteroatoms. The number of esters is 1. The highest BCUT2D eigenvalue weighted by Crippen LogP contribution is 2.35. The molecular weight excluding hydrogens is 442 g/mol. The summed E-state index contributed by atoms with van der Waals surface area (Å²) < 4.78 is 16.7. The smallest absolute Gasteiger partial charge is 0.326 e. The van der Waals surface area contributed by atoms with Gasteiger partial charge in [-0.25, -0.2) is 0 Å². The van der Waals surface area contributed by atoms with Crippen LogP contribution < -0.4 is 9.47 Å². The highest BCUT2D eigenvalue weighted by Gasteiger charge is 2.36. The Hall–Kier alpha value is -3.26. The van der Waals surface area contributed by atoms with Gasteiger partial charge in [-0.2, -0.15) is 0 Å². The monoisotopic (exact) mass is 469 g/mol. The van der Waals surface area contributed by atoms with Gasteiger partial charge < -0.3 is 14.2 Å². The quantitative estimate of drug-likeness (QED) is 0.379. The Morgan fingerprint density at radius 3 is 2.58 bits per heavy atom. The average molecular weight is 470 g/mol. The molecule has 0 atom stereocenters. The largest absolute Gasteiger partial charge is 0.490 e. The summed E-state index contributed by atoms with van der Waals surface area (Å²) in [5.41, 5.74) is 2.88. The molecule has 1 saturated heterocycles. The number of imide groups is 1. The van der Waals surface area contributed by atoms with Crippen LogP contribution in [0.25, 0.3) is 6.08 Å². The lowest BCUT2D eigenvalue weighted by molar-refractivity contribution is -0.149. The maximum absolute atomic E-state index is 12.7. The fourth-order valence-corrected chi connectivity index (χ4v) is 4.02. The van der Waals surface area contributed by atoms with Crippen LogP contribution in [0.15, 0.2) is 47.4 Å². The van der Waals surface area contributed by atoms with Gasteiger partial charge in [0.25, 0.3) is 11.1 Å². The Kier molecular flexibility index (Phi) is 8.16. The van der Waals surface area contributed by atoms with Crippen LogP contribution in [0.5, 0.6) is 11.5 Å². The minimum atomic E-state index is -0.623. The van der Waals surface area contributed by atoms with Crippen molar-refractivity contribution in [2.45, 2.75) is 40.4 Å². The molecule has 0 aromatic heterocycles. The van der Waals surface area contributed by atoms with Crippen LogP contribution in [0.4, 0.5) is 4.79 Å². The number of thioether (sulfide) groups is 1. The van der Waals surface area contributed by atoms with Gasteiger partial charge in [-0.15, -0.1) is 0 Å². The van der Waals surface area contributed by atoms with E-state index in [1.165, 1.54) is 0 Å². The third-order valence-corrected chi connectivity index (χ3v) is 5.48. The van der Waals surface area contributed by atoms with Gasteiger partial charge in [-0.1, -0.05) is 35.9 Å². The first-order chi connectivity index (χ1) is 15.8. The van der Waals surface area contributed by atoms with E-state index >= 15 is 0 Å². The van der Waals surface area contributed by atoms with Crippen molar-refractivity contribution >= 4 is 35.0 Å². The molecule has 1 heterocycles. The molecule has 0 bridgehead atoms. The highest BCUT2D eigenvalue weighted by molar-refractivity contribution is 8.18. The summed E-state index contributed by atoms with van der Waals surface area (Å²) in [5.74, 6) is -0.0237. The predicted octanol–water partition coefficient (Wildman–Crippen LogP) is 4.96. The zero-order valence-electron chi connectivity index (χ0n) is 19.1. The van der Waals surface area contributed by atoms with Crippen LogP contribution in [-0.4, -0.2) is 41.3 Å². The van der Waals surface area contributed by atoms with Crippen LogP contribution >= 0.6 is 11.8 Å². The maximum Gasteiger partial charge on any atom is 0.326 e. The number of aryl methyl sites for hydroxylation is 1. The molecule has 0 N–H and O–H groups in total. The van der Waals surface area contributed by atoms with Gasteiger partial charge in [0.05, 0.1) is 17.6 Å². The van der Waals surface area contributed by atoms with Gasteiger partial charge in [0.15, 0.2) is 11.5 Å². The van der Waals surface area contributed by atoms with Gasteiger partial charge in [-0.3, -0.25) is 19.3 Å². The molecule has 0 saturated carbocycles. The van der Waals surface area contributed by atoms with Crippen molar-refractivity contribution in [2.24, 2.45) is 0 Å². The summed E-state index contributed by atoms with van der Waals surface area (Å²) in [7, 11) is 0. The molecule has 0 aliphatic carbocycles. The topological polar surface area (TPSA) is 82.1 Å². The minimum absolute atomic E-state index is 0.230. The molecule has 0 spiro atoms. The third-order valence-electron chi connectivity index (χ3n) is 4.57. The molecule has 33 heavy (non-hydrogen) atoms. The van der Waals surface area contributed by atoms with Gasteiger partial charge in [0.1, 0.15) is 13.2 Å². The van der Waals surface area contributed by atoms with Crippen LogP contribution in [-0.2, 0) is 20.9 Å². The number of carbonyl (C=O) groups is 3. The summed E-state index contributed by atoms with van der Waals surface area (Å²) in [4.78, 5) is 37.9. The van der Waals surface area contributed by atoms with Gasteiger partial charge in [0.2, 0.25) is 0 Å². The molecule has 2 aromatic rings. The van der Waals surface area contributed by atoms with Crippen molar-refractivity contribution in [3.8, 4) is 11.5 Å². The zero-order chi connectivity index (χ0) is 24.0. The number of benzene rings is 2. The first kappa shape index (κ1) is 24.4. The second kappa shape index (κ2) is 11.0. The number of hydrogen-bond acceptors (Lipinski definition) is 7. The van der Waals surface area contributed by atoms with E-state index in [1.807, 2.05) is 32.0 Å². The van der Waals surface area contributed by atoms with E-state index in [4.69, 9.17) is 14.2 Å². The molecule has 2 amide bonds. The Morgan fingerprint density at radius 2 is 1.88 bits per heavy atom. The Labute approximate surface area is 197 Å². The van der Waals surface area contributed by atoms with Gasteiger partial charge in [-0.05, 0) is 68.8 Å². The molecule has 0 unspecified atom stereocenters. The van der Waals surface area contributed by atoms with Crippen molar-refractivity contribution in [1.82, 2.24) is 4.90 Å². The fourth-order valence-electron chi connectivity index (χ4n) is 3.18. The van der Waals surface area contributed by atoms with Crippen molar-refractivity contribution in [1.29, 1.82) is 0 Å². The fraction of sp³-hybridized carbons (Fsp3) is 0.320. The molecule has 174 valence electrons. The van der Waals surface area contributed by atoms with E-state index in [9.17, 15) is 14.4 Å². The number of carbonyl (C=O) groups excluding carboxylic acids is 3. The average Bonchev–Trinajstić information content (AvgIpc) is 3.00. The van der Waals surface area contributed by atoms with Gasteiger partial charge in [0, 0.05) is 0 Å². The van der Waals surface area contributed by atoms with E-state index in [0.29, 0.717) is 30.3 Å². The van der Waals surface area contributed by atoms with Crippen molar-refractivity contribution < 1.29 is 28.6 Å². The lowest BCUT2D eigenvalue weighted by Crippen LogP contribution is -2.35. The molecule has 3 rings (SSSR count). The van der Waals surface area contributed by atoms with E-state index in [-0.39, 0.29) is 11.0 Å². The highest BCUT2D eigenvalue weighted by atomic mass is 32.2.